The first kappa shape index (κ1) is 64.6. The van der Waals surface area contributed by atoms with Crippen LogP contribution in [0.5, 0.6) is 11.5 Å². The molecule has 370 valence electrons. The molecule has 8 rings (SSSR count). The third kappa shape index (κ3) is 14.7. The molecule has 0 saturated heterocycles. The van der Waals surface area contributed by atoms with Crippen molar-refractivity contribution in [2.24, 2.45) is 40.9 Å². The Balaban J connectivity index is 0.00000320. The summed E-state index contributed by atoms with van der Waals surface area (Å²) < 4.78 is 106. The number of hydrogen-bond donors (Lipinski definition) is 4. The number of azo groups is 4. The number of carbonyl (C=O) groups excluding carboxylic acids is 1. The van der Waals surface area contributed by atoms with Crippen molar-refractivity contribution in [3.8, 4) is 22.6 Å². The van der Waals surface area contributed by atoms with Crippen molar-refractivity contribution in [3.05, 3.63) is 138 Å². The molecule has 8 aromatic carbocycles. The maximum Gasteiger partial charge on any atom is 1.00 e. The molecule has 8 aromatic rings. The molecule has 0 fully saturated rings. The van der Waals surface area contributed by atoms with E-state index in [4.69, 9.17) is 11.5 Å². The molecule has 0 amide bonds. The Morgan fingerprint density at radius 1 is 0.494 bits per heavy atom. The minimum atomic E-state index is -5.27. The first-order valence-corrected chi connectivity index (χ1v) is 25.0. The van der Waals surface area contributed by atoms with Gasteiger partial charge in [-0.3, -0.25) is 9.11 Å². The van der Waals surface area contributed by atoms with E-state index in [-0.39, 0.29) is 163 Å². The molecule has 0 aliphatic carbocycles. The Morgan fingerprint density at radius 2 is 0.987 bits per heavy atom. The second-order valence-electron chi connectivity index (χ2n) is 15.9. The quantitative estimate of drug-likeness (QED) is 0.0388. The van der Waals surface area contributed by atoms with Crippen LogP contribution in [0.1, 0.15) is 21.5 Å². The number of aromatic carboxylic acids is 1. The molecular weight excluding hydrogens is 1100 g/mol. The molecule has 0 aliphatic heterocycles. The van der Waals surface area contributed by atoms with Crippen LogP contribution in [-0.2, 0) is 30.4 Å². The Kier molecular flexibility index (Phi) is 21.7. The number of carboxylic acids is 1. The first-order chi connectivity index (χ1) is 34.4. The van der Waals surface area contributed by atoms with Crippen molar-refractivity contribution in [2.75, 3.05) is 11.5 Å². The number of carboxylic acid groups (broad SMARTS) is 1. The van der Waals surface area contributed by atoms with Crippen molar-refractivity contribution in [2.45, 2.75) is 28.5 Å². The molecule has 0 radical (unpaired) electrons. The summed E-state index contributed by atoms with van der Waals surface area (Å²) in [5.74, 6) is -3.53. The Labute approximate surface area is 527 Å². The number of nitrogens with two attached hydrogens (primary N) is 2. The summed E-state index contributed by atoms with van der Waals surface area (Å²) in [5, 5.41) is 68.6. The Bertz CT molecular complexity index is 4130. The third-order valence-electron chi connectivity index (χ3n) is 10.9. The largest absolute Gasteiger partial charge is 1.00 e. The van der Waals surface area contributed by atoms with Crippen LogP contribution < -0.4 is 145 Å². The predicted molar refractivity (Wildman–Crippen MR) is 258 cm³/mol. The van der Waals surface area contributed by atoms with Gasteiger partial charge in [-0.25, -0.2) is 8.42 Å². The molecule has 30 heteroatoms. The maximum absolute atomic E-state index is 13.9. The van der Waals surface area contributed by atoms with Crippen molar-refractivity contribution in [1.29, 1.82) is 0 Å². The van der Waals surface area contributed by atoms with Crippen molar-refractivity contribution in [3.63, 3.8) is 0 Å². The molecular formula is C47H32N10Na4O13S3. The Morgan fingerprint density at radius 3 is 1.53 bits per heavy atom. The number of anilines is 2. The zero-order valence-corrected chi connectivity index (χ0v) is 51.8. The molecule has 0 aromatic heterocycles. The fourth-order valence-corrected chi connectivity index (χ4v) is 9.36. The minimum Gasteiger partial charge on any atom is -0.872 e. The monoisotopic (exact) mass is 1130 g/mol. The van der Waals surface area contributed by atoms with E-state index in [0.29, 0.717) is 23.0 Å². The van der Waals surface area contributed by atoms with Crippen LogP contribution in [0.3, 0.4) is 0 Å². The summed E-state index contributed by atoms with van der Waals surface area (Å²) in [6.45, 7) is 3.62. The van der Waals surface area contributed by atoms with Crippen LogP contribution in [0, 0.1) is 13.8 Å². The van der Waals surface area contributed by atoms with Crippen LogP contribution >= 0.6 is 0 Å². The summed E-state index contributed by atoms with van der Waals surface area (Å²) in [4.78, 5) is 8.60. The van der Waals surface area contributed by atoms with Crippen LogP contribution in [0.4, 0.5) is 56.9 Å². The van der Waals surface area contributed by atoms with E-state index in [1.54, 1.807) is 25.1 Å². The fraction of sp³-hybridized carbons (Fsp3) is 0.0426. The van der Waals surface area contributed by atoms with Crippen molar-refractivity contribution in [1.82, 2.24) is 0 Å². The van der Waals surface area contributed by atoms with E-state index < -0.39 is 90.2 Å². The van der Waals surface area contributed by atoms with E-state index in [1.165, 1.54) is 42.5 Å². The molecule has 0 aliphatic rings. The van der Waals surface area contributed by atoms with Gasteiger partial charge in [0, 0.05) is 10.8 Å². The van der Waals surface area contributed by atoms with Gasteiger partial charge in [0.15, 0.2) is 0 Å². The molecule has 77 heavy (non-hydrogen) atoms. The van der Waals surface area contributed by atoms with E-state index in [2.05, 4.69) is 40.9 Å². The zero-order chi connectivity index (χ0) is 52.7. The summed E-state index contributed by atoms with van der Waals surface area (Å²) >= 11 is 0. The minimum absolute atomic E-state index is 0. The molecule has 0 bridgehead atoms. The average molecular weight is 1130 g/mol. The normalized spacial score (nSPS) is 12.0. The van der Waals surface area contributed by atoms with E-state index >= 15 is 0 Å². The average Bonchev–Trinajstić information content (AvgIpc) is 3.31. The van der Waals surface area contributed by atoms with Gasteiger partial charge in [0.25, 0.3) is 20.2 Å². The number of carbonyl (C=O) groups is 1. The van der Waals surface area contributed by atoms with E-state index in [9.17, 15) is 59.0 Å². The van der Waals surface area contributed by atoms with Crippen molar-refractivity contribution >= 4 is 115 Å². The molecule has 6 N–H and O–H groups in total. The Hall–Kier alpha value is -4.92. The molecule has 0 unspecified atom stereocenters. The topological polar surface area (TPSA) is 403 Å². The van der Waals surface area contributed by atoms with Gasteiger partial charge in [-0.1, -0.05) is 54.0 Å². The van der Waals surface area contributed by atoms with E-state index in [0.717, 1.165) is 53.1 Å². The van der Waals surface area contributed by atoms with Gasteiger partial charge in [-0.05, 0) is 131 Å². The smallest absolute Gasteiger partial charge is 0.872 e. The van der Waals surface area contributed by atoms with Crippen LogP contribution in [0.15, 0.2) is 177 Å². The van der Waals surface area contributed by atoms with Gasteiger partial charge >= 0.3 is 118 Å². The summed E-state index contributed by atoms with van der Waals surface area (Å²) in [6, 6.07) is 26.8. The summed E-state index contributed by atoms with van der Waals surface area (Å²) in [6.07, 6.45) is 0. The molecule has 0 spiro atoms. The number of aryl methyl sites for hydroxylation is 2. The van der Waals surface area contributed by atoms with Gasteiger partial charge < -0.3 is 36.1 Å². The molecule has 23 nitrogen and oxygen atoms in total. The summed E-state index contributed by atoms with van der Waals surface area (Å²) in [7, 11) is -15.4. The van der Waals surface area contributed by atoms with Crippen molar-refractivity contribution < 1.29 is 177 Å². The van der Waals surface area contributed by atoms with Gasteiger partial charge in [0.05, 0.1) is 56.4 Å². The molecule has 0 heterocycles. The zero-order valence-electron chi connectivity index (χ0n) is 41.4. The number of nitrogens with zero attached hydrogens (tertiary/aromatic N) is 8. The number of nitrogen functional groups attached to an aromatic ring is 2. The van der Waals surface area contributed by atoms with Gasteiger partial charge in [-0.2, -0.15) is 37.3 Å². The van der Waals surface area contributed by atoms with Gasteiger partial charge in [0.2, 0.25) is 0 Å². The van der Waals surface area contributed by atoms with Gasteiger partial charge in [-0.15, -0.1) is 20.5 Å². The SMILES string of the molecule is Cc1cc(-c2ccc(N=Nc3c(N)cc(N=Nc4cc5c([O-])c(N=Nc6ccc(S(=O)(=O)[O-])c7ccccc67)c(S(=O)(=O)O)cc5cc4S(=O)(=O)O)cc3N)c(C)c2)ccc1N=Nc1ccc([O-])c(C(=O)[O-])c1.[Na+].[Na+].[Na+].[Na+]. The van der Waals surface area contributed by atoms with Crippen LogP contribution in [0.25, 0.3) is 32.7 Å². The second-order valence-corrected chi connectivity index (χ2v) is 20.0. The maximum atomic E-state index is 13.9. The number of fused-ring (bicyclic) bond motifs is 2. The first-order valence-electron chi connectivity index (χ1n) is 20.7. The van der Waals surface area contributed by atoms with E-state index in [1.807, 2.05) is 25.1 Å². The second kappa shape index (κ2) is 25.9. The summed E-state index contributed by atoms with van der Waals surface area (Å²) in [5.41, 5.74) is 14.5. The number of rotatable bonds is 13. The third-order valence-corrected chi connectivity index (χ3v) is 13.6. The van der Waals surface area contributed by atoms with Crippen LogP contribution in [-0.4, -0.2) is 44.9 Å². The number of benzene rings is 8. The standard InChI is InChI=1S/C47H36N10O13S3.4Na/c1-23-15-25(7-10-36(23)52-50-28-9-13-40(58)33(19-28)47(60)61)26-8-11-37(24(2)16-26)53-56-44-34(48)20-29(21-35(44)49)51-55-39-22-32-27(17-42(39)72(65,66)67)18-43(73(68,69)70)45(46(32)59)57-54-38-12-14-41(71(62,63)64)31-6-4-3-5-30(31)38;;;;/h3-22,58-59H,48-49H2,1-2H3,(H,60,61)(H,62,63,64)(H,65,66,67)(H,68,69,70);;;;/q;4*+1/p-4. The molecule has 0 saturated carbocycles. The molecule has 0 atom stereocenters. The number of hydrogen-bond acceptors (Lipinski definition) is 21. The predicted octanol–water partition coefficient (Wildman–Crippen LogP) is -2.97. The van der Waals surface area contributed by atoms with Gasteiger partial charge in [0.1, 0.15) is 31.3 Å². The van der Waals surface area contributed by atoms with Crippen LogP contribution in [0.2, 0.25) is 0 Å². The fourth-order valence-electron chi connectivity index (χ4n) is 7.39.